The lowest BCUT2D eigenvalue weighted by Crippen LogP contribution is -2.49. The van der Waals surface area contributed by atoms with Crippen LogP contribution < -0.4 is 15.4 Å². The quantitative estimate of drug-likeness (QED) is 0.805. The Morgan fingerprint density at radius 3 is 2.29 bits per heavy atom. The van der Waals surface area contributed by atoms with E-state index in [1.54, 1.807) is 12.1 Å². The summed E-state index contributed by atoms with van der Waals surface area (Å²) in [5.41, 5.74) is 7.58. The summed E-state index contributed by atoms with van der Waals surface area (Å²) in [6.07, 6.45) is 1.45. The largest absolute Gasteiger partial charge is 0.377 e. The van der Waals surface area contributed by atoms with Crippen LogP contribution in [-0.4, -0.2) is 34.6 Å². The number of nitrogens with two attached hydrogens (primary N) is 1. The molecular weight excluding hydrogens is 286 g/mol. The van der Waals surface area contributed by atoms with Crippen LogP contribution in [0, 0.1) is 6.92 Å². The Hall–Kier alpha value is -1.11. The normalized spacial score (nSPS) is 12.5. The average molecular weight is 313 g/mol. The van der Waals surface area contributed by atoms with Crippen LogP contribution in [0.2, 0.25) is 0 Å². The van der Waals surface area contributed by atoms with Gasteiger partial charge in [-0.1, -0.05) is 19.9 Å². The number of benzene rings is 1. The van der Waals surface area contributed by atoms with Crippen molar-refractivity contribution in [2.24, 2.45) is 5.73 Å². The van der Waals surface area contributed by atoms with Gasteiger partial charge in [-0.05, 0) is 37.5 Å². The highest BCUT2D eigenvalue weighted by molar-refractivity contribution is 7.89. The zero-order valence-corrected chi connectivity index (χ0v) is 14.4. The molecule has 0 bridgehead atoms. The molecule has 0 saturated carbocycles. The van der Waals surface area contributed by atoms with Crippen LogP contribution in [0.5, 0.6) is 0 Å². The van der Waals surface area contributed by atoms with Crippen molar-refractivity contribution in [1.82, 2.24) is 4.72 Å². The molecule has 1 rings (SSSR count). The van der Waals surface area contributed by atoms with Crippen LogP contribution in [0.3, 0.4) is 0 Å². The zero-order valence-electron chi connectivity index (χ0n) is 13.6. The standard InChI is InChI=1S/C15H27N3O2S/c1-6-15(16,7-2)11-17-21(19,20)13-9-8-12(3)14(10-13)18(4)5/h8-10,17H,6-7,11,16H2,1-5H3. The van der Waals surface area contributed by atoms with E-state index < -0.39 is 15.6 Å². The van der Waals surface area contributed by atoms with Gasteiger partial charge in [0.25, 0.3) is 0 Å². The third-order valence-corrected chi connectivity index (χ3v) is 5.39. The van der Waals surface area contributed by atoms with Gasteiger partial charge >= 0.3 is 0 Å². The Morgan fingerprint density at radius 2 is 1.81 bits per heavy atom. The molecule has 21 heavy (non-hydrogen) atoms. The molecule has 0 spiro atoms. The molecule has 0 aliphatic heterocycles. The van der Waals surface area contributed by atoms with Gasteiger partial charge in [0.05, 0.1) is 4.90 Å². The van der Waals surface area contributed by atoms with Crippen LogP contribution in [0.15, 0.2) is 23.1 Å². The number of hydrogen-bond donors (Lipinski definition) is 2. The molecule has 0 aliphatic carbocycles. The van der Waals surface area contributed by atoms with Crippen LogP contribution >= 0.6 is 0 Å². The predicted molar refractivity (Wildman–Crippen MR) is 88.2 cm³/mol. The molecule has 0 radical (unpaired) electrons. The van der Waals surface area contributed by atoms with Crippen molar-refractivity contribution >= 4 is 15.7 Å². The maximum atomic E-state index is 12.4. The fraction of sp³-hybridized carbons (Fsp3) is 0.600. The Kier molecular flexibility index (Phi) is 5.78. The molecule has 0 atom stereocenters. The second-order valence-electron chi connectivity index (χ2n) is 5.74. The van der Waals surface area contributed by atoms with Crippen LogP contribution in [0.25, 0.3) is 0 Å². The summed E-state index contributed by atoms with van der Waals surface area (Å²) in [4.78, 5) is 2.17. The minimum absolute atomic E-state index is 0.244. The molecule has 6 heteroatoms. The first-order valence-corrected chi connectivity index (χ1v) is 8.70. The van der Waals surface area contributed by atoms with E-state index in [0.29, 0.717) is 0 Å². The van der Waals surface area contributed by atoms with Gasteiger partial charge in [0.2, 0.25) is 10.0 Å². The number of sulfonamides is 1. The lowest BCUT2D eigenvalue weighted by Gasteiger charge is -2.27. The van der Waals surface area contributed by atoms with E-state index in [4.69, 9.17) is 5.73 Å². The van der Waals surface area contributed by atoms with Gasteiger partial charge in [0.15, 0.2) is 0 Å². The van der Waals surface area contributed by atoms with Crippen molar-refractivity contribution in [3.63, 3.8) is 0 Å². The van der Waals surface area contributed by atoms with Crippen molar-refractivity contribution in [1.29, 1.82) is 0 Å². The molecule has 0 saturated heterocycles. The highest BCUT2D eigenvalue weighted by Gasteiger charge is 2.24. The van der Waals surface area contributed by atoms with Gasteiger partial charge in [-0.3, -0.25) is 0 Å². The third kappa shape index (κ3) is 4.43. The molecular formula is C15H27N3O2S. The number of rotatable bonds is 7. The second-order valence-corrected chi connectivity index (χ2v) is 7.50. The summed E-state index contributed by atoms with van der Waals surface area (Å²) < 4.78 is 27.5. The molecule has 0 amide bonds. The van der Waals surface area contributed by atoms with Crippen molar-refractivity contribution in [3.05, 3.63) is 23.8 Å². The van der Waals surface area contributed by atoms with E-state index in [9.17, 15) is 8.42 Å². The number of anilines is 1. The van der Waals surface area contributed by atoms with Gasteiger partial charge in [0, 0.05) is 31.9 Å². The Bertz CT molecular complexity index is 579. The van der Waals surface area contributed by atoms with Crippen LogP contribution in [0.4, 0.5) is 5.69 Å². The Labute approximate surface area is 128 Å². The van der Waals surface area contributed by atoms with Crippen molar-refractivity contribution in [2.45, 2.75) is 44.0 Å². The number of aryl methyl sites for hydroxylation is 1. The highest BCUT2D eigenvalue weighted by Crippen LogP contribution is 2.22. The molecule has 5 nitrogen and oxygen atoms in total. The van der Waals surface area contributed by atoms with Gasteiger partial charge in [-0.25, -0.2) is 13.1 Å². The minimum Gasteiger partial charge on any atom is -0.377 e. The molecule has 0 unspecified atom stereocenters. The molecule has 1 aromatic rings. The van der Waals surface area contributed by atoms with Gasteiger partial charge in [0.1, 0.15) is 0 Å². The molecule has 0 aromatic heterocycles. The van der Waals surface area contributed by atoms with Crippen LogP contribution in [-0.2, 0) is 10.0 Å². The minimum atomic E-state index is -3.54. The van der Waals surface area contributed by atoms with E-state index in [0.717, 1.165) is 24.1 Å². The zero-order chi connectivity index (χ0) is 16.3. The molecule has 0 aliphatic rings. The van der Waals surface area contributed by atoms with Crippen LogP contribution in [0.1, 0.15) is 32.3 Å². The van der Waals surface area contributed by atoms with E-state index in [2.05, 4.69) is 4.72 Å². The highest BCUT2D eigenvalue weighted by atomic mass is 32.2. The third-order valence-electron chi connectivity index (χ3n) is 4.00. The van der Waals surface area contributed by atoms with Gasteiger partial charge < -0.3 is 10.6 Å². The summed E-state index contributed by atoms with van der Waals surface area (Å²) in [5.74, 6) is 0. The van der Waals surface area contributed by atoms with Crippen molar-refractivity contribution in [3.8, 4) is 0 Å². The molecule has 0 fully saturated rings. The number of nitrogens with zero attached hydrogens (tertiary/aromatic N) is 1. The van der Waals surface area contributed by atoms with E-state index >= 15 is 0 Å². The van der Waals surface area contributed by atoms with Crippen molar-refractivity contribution < 1.29 is 8.42 Å². The molecule has 3 N–H and O–H groups in total. The predicted octanol–water partition coefficient (Wildman–Crippen LogP) is 1.86. The summed E-state index contributed by atoms with van der Waals surface area (Å²) in [5, 5.41) is 0. The summed E-state index contributed by atoms with van der Waals surface area (Å²) >= 11 is 0. The monoisotopic (exact) mass is 313 g/mol. The topological polar surface area (TPSA) is 75.4 Å². The lowest BCUT2D eigenvalue weighted by molar-refractivity contribution is 0.392. The fourth-order valence-corrected chi connectivity index (χ4v) is 3.22. The van der Waals surface area contributed by atoms with Crippen molar-refractivity contribution in [2.75, 3.05) is 25.5 Å². The number of hydrogen-bond acceptors (Lipinski definition) is 4. The van der Waals surface area contributed by atoms with Gasteiger partial charge in [-0.15, -0.1) is 0 Å². The summed E-state index contributed by atoms with van der Waals surface area (Å²) in [7, 11) is 0.245. The van der Waals surface area contributed by atoms with Gasteiger partial charge in [-0.2, -0.15) is 0 Å². The maximum absolute atomic E-state index is 12.4. The summed E-state index contributed by atoms with van der Waals surface area (Å²) in [6.45, 7) is 6.13. The SMILES string of the molecule is CCC(N)(CC)CNS(=O)(=O)c1ccc(C)c(N(C)C)c1. The fourth-order valence-electron chi connectivity index (χ4n) is 2.06. The first-order valence-electron chi connectivity index (χ1n) is 7.21. The number of nitrogens with one attached hydrogen (secondary N) is 1. The lowest BCUT2D eigenvalue weighted by atomic mass is 9.95. The maximum Gasteiger partial charge on any atom is 0.240 e. The first-order chi connectivity index (χ1) is 9.65. The average Bonchev–Trinajstić information content (AvgIpc) is 2.45. The first kappa shape index (κ1) is 17.9. The second kappa shape index (κ2) is 6.77. The smallest absolute Gasteiger partial charge is 0.240 e. The van der Waals surface area contributed by atoms with E-state index in [1.165, 1.54) is 0 Å². The molecule has 1 aromatic carbocycles. The van der Waals surface area contributed by atoms with E-state index in [1.807, 2.05) is 45.8 Å². The van der Waals surface area contributed by atoms with E-state index in [-0.39, 0.29) is 11.4 Å². The Morgan fingerprint density at radius 1 is 1.24 bits per heavy atom. The molecule has 120 valence electrons. The Balaban J connectivity index is 3.01. The summed E-state index contributed by atoms with van der Waals surface area (Å²) in [6, 6.07) is 5.13. The molecule has 0 heterocycles.